The van der Waals surface area contributed by atoms with Crippen molar-refractivity contribution in [2.45, 2.75) is 25.4 Å². The molecule has 0 aliphatic carbocycles. The number of halogens is 5. The number of anilines is 1. The fourth-order valence-corrected chi connectivity index (χ4v) is 5.57. The molecule has 1 atom stereocenters. The summed E-state index contributed by atoms with van der Waals surface area (Å²) in [6.07, 6.45) is -7.83. The predicted octanol–water partition coefficient (Wildman–Crippen LogP) is 2.29. The van der Waals surface area contributed by atoms with Crippen molar-refractivity contribution in [2.75, 3.05) is 29.5 Å². The first-order valence-electron chi connectivity index (χ1n) is 12.2. The molecule has 11 nitrogen and oxygen atoms in total. The van der Waals surface area contributed by atoms with E-state index in [1.165, 1.54) is 47.1 Å². The zero-order chi connectivity index (χ0) is 29.5. The number of alkyl halides is 3. The lowest BCUT2D eigenvalue weighted by Crippen LogP contribution is -2.41. The Bertz CT molecular complexity index is 1720. The summed E-state index contributed by atoms with van der Waals surface area (Å²) in [5.74, 6) is -1.02. The maximum atomic E-state index is 14.7. The van der Waals surface area contributed by atoms with Gasteiger partial charge in [0.05, 0.1) is 18.1 Å². The van der Waals surface area contributed by atoms with Gasteiger partial charge in [-0.25, -0.2) is 22.3 Å². The van der Waals surface area contributed by atoms with Gasteiger partial charge in [0.25, 0.3) is 0 Å². The van der Waals surface area contributed by atoms with Gasteiger partial charge in [0, 0.05) is 23.7 Å². The van der Waals surface area contributed by atoms with Crippen LogP contribution in [0.2, 0.25) is 5.02 Å². The van der Waals surface area contributed by atoms with Crippen molar-refractivity contribution in [3.63, 3.8) is 0 Å². The molecule has 41 heavy (non-hydrogen) atoms. The molecule has 0 amide bonds. The van der Waals surface area contributed by atoms with E-state index >= 15 is 0 Å². The van der Waals surface area contributed by atoms with Crippen LogP contribution in [0.4, 0.5) is 23.5 Å². The average Bonchev–Trinajstić information content (AvgIpc) is 3.46. The van der Waals surface area contributed by atoms with Crippen LogP contribution < -0.4 is 10.6 Å². The monoisotopic (exact) mass is 615 g/mol. The number of para-hydroxylation sites is 1. The molecular weight excluding hydrogens is 594 g/mol. The van der Waals surface area contributed by atoms with Crippen molar-refractivity contribution in [3.8, 4) is 17.1 Å². The number of nitrogens with zero attached hydrogens (tertiary/aromatic N) is 7. The van der Waals surface area contributed by atoms with Crippen molar-refractivity contribution >= 4 is 27.4 Å². The molecule has 1 saturated heterocycles. The van der Waals surface area contributed by atoms with Crippen molar-refractivity contribution in [1.29, 1.82) is 0 Å². The lowest BCUT2D eigenvalue weighted by molar-refractivity contribution is -0.207. The van der Waals surface area contributed by atoms with E-state index in [9.17, 15) is 35.9 Å². The molecule has 3 heterocycles. The van der Waals surface area contributed by atoms with Crippen molar-refractivity contribution in [3.05, 3.63) is 75.7 Å². The maximum Gasteiger partial charge on any atom is 0.416 e. The second kappa shape index (κ2) is 10.9. The predicted molar refractivity (Wildman–Crippen MR) is 140 cm³/mol. The first-order valence-corrected chi connectivity index (χ1v) is 14.4. The van der Waals surface area contributed by atoms with E-state index in [1.807, 2.05) is 0 Å². The van der Waals surface area contributed by atoms with E-state index in [2.05, 4.69) is 15.2 Å². The molecular formula is C24H22ClF4N7O4S. The summed E-state index contributed by atoms with van der Waals surface area (Å²) in [6, 6.07) is 11.5. The van der Waals surface area contributed by atoms with E-state index in [0.29, 0.717) is 9.59 Å². The summed E-state index contributed by atoms with van der Waals surface area (Å²) < 4.78 is 80.8. The van der Waals surface area contributed by atoms with Crippen molar-refractivity contribution in [1.82, 2.24) is 29.1 Å². The molecule has 0 saturated carbocycles. The first-order chi connectivity index (χ1) is 19.3. The number of hydrogen-bond donors (Lipinski definition) is 1. The minimum Gasteiger partial charge on any atom is -0.382 e. The second-order valence-corrected chi connectivity index (χ2v) is 12.0. The van der Waals surface area contributed by atoms with Crippen LogP contribution >= 0.6 is 11.6 Å². The normalized spacial score (nSPS) is 16.2. The van der Waals surface area contributed by atoms with Crippen LogP contribution in [0.15, 0.2) is 53.3 Å². The summed E-state index contributed by atoms with van der Waals surface area (Å²) in [6.45, 7) is -1.40. The number of sulfone groups is 1. The van der Waals surface area contributed by atoms with E-state index in [-0.39, 0.29) is 53.4 Å². The van der Waals surface area contributed by atoms with Gasteiger partial charge in [-0.05, 0) is 36.4 Å². The topological polar surface area (TPSA) is 128 Å². The van der Waals surface area contributed by atoms with Crippen molar-refractivity contribution in [2.24, 2.45) is 0 Å². The van der Waals surface area contributed by atoms with Gasteiger partial charge >= 0.3 is 11.9 Å². The third kappa shape index (κ3) is 6.13. The zero-order valence-electron chi connectivity index (χ0n) is 21.0. The van der Waals surface area contributed by atoms with Crippen LogP contribution in [-0.4, -0.2) is 79.5 Å². The SMILES string of the molecule is O=c1n(Cc2nc(N3CCS(=O)(=O)CC3)n(-c3ccccc3F)n2)nc(-c2ccc(Cl)cc2)n1C[C@H](O)C(F)(F)F. The number of aliphatic hydroxyl groups excluding tert-OH is 1. The minimum absolute atomic E-state index is 0.0164. The average molecular weight is 616 g/mol. The lowest BCUT2D eigenvalue weighted by Gasteiger charge is -2.27. The number of benzene rings is 2. The molecule has 2 aromatic carbocycles. The Morgan fingerprint density at radius 1 is 1.02 bits per heavy atom. The summed E-state index contributed by atoms with van der Waals surface area (Å²) >= 11 is 5.92. The fourth-order valence-electron chi connectivity index (χ4n) is 4.25. The van der Waals surface area contributed by atoms with Gasteiger partial charge in [-0.1, -0.05) is 23.7 Å². The third-order valence-corrected chi connectivity index (χ3v) is 8.25. The highest BCUT2D eigenvalue weighted by molar-refractivity contribution is 7.91. The summed E-state index contributed by atoms with van der Waals surface area (Å²) in [5, 5.41) is 18.6. The quantitative estimate of drug-likeness (QED) is 0.314. The summed E-state index contributed by atoms with van der Waals surface area (Å²) in [5.41, 5.74) is -0.700. The zero-order valence-corrected chi connectivity index (χ0v) is 22.6. The largest absolute Gasteiger partial charge is 0.416 e. The van der Waals surface area contributed by atoms with Gasteiger partial charge in [-0.2, -0.15) is 22.8 Å². The summed E-state index contributed by atoms with van der Waals surface area (Å²) in [7, 11) is -3.25. The van der Waals surface area contributed by atoms with Gasteiger partial charge in [0.1, 0.15) is 18.0 Å². The fraction of sp³-hybridized carbons (Fsp3) is 0.333. The molecule has 1 aliphatic heterocycles. The molecule has 1 fully saturated rings. The molecule has 0 radical (unpaired) electrons. The minimum atomic E-state index is -4.99. The van der Waals surface area contributed by atoms with Gasteiger partial charge in [0.2, 0.25) is 5.95 Å². The molecule has 5 rings (SSSR count). The third-order valence-electron chi connectivity index (χ3n) is 6.39. The number of hydrogen-bond acceptors (Lipinski definition) is 8. The molecule has 1 N–H and O–H groups in total. The lowest BCUT2D eigenvalue weighted by atomic mass is 10.2. The molecule has 0 unspecified atom stereocenters. The number of aliphatic hydroxyl groups is 1. The van der Waals surface area contributed by atoms with Crippen LogP contribution in [0.25, 0.3) is 17.1 Å². The molecule has 0 spiro atoms. The van der Waals surface area contributed by atoms with Gasteiger partial charge < -0.3 is 10.0 Å². The van der Waals surface area contributed by atoms with E-state index in [4.69, 9.17) is 11.6 Å². The summed E-state index contributed by atoms with van der Waals surface area (Å²) in [4.78, 5) is 19.3. The number of rotatable bonds is 7. The van der Waals surface area contributed by atoms with Crippen LogP contribution in [0.5, 0.6) is 0 Å². The van der Waals surface area contributed by atoms with Crippen LogP contribution in [-0.2, 0) is 22.9 Å². The number of aromatic nitrogens is 6. The highest BCUT2D eigenvalue weighted by atomic mass is 35.5. The Balaban J connectivity index is 1.56. The van der Waals surface area contributed by atoms with E-state index < -0.39 is 46.7 Å². The van der Waals surface area contributed by atoms with Gasteiger partial charge in [-0.15, -0.1) is 10.2 Å². The molecule has 17 heteroatoms. The molecule has 0 bridgehead atoms. The Hall–Kier alpha value is -3.76. The van der Waals surface area contributed by atoms with Crippen LogP contribution in [0, 0.1) is 5.82 Å². The molecule has 4 aromatic rings. The van der Waals surface area contributed by atoms with Crippen LogP contribution in [0.1, 0.15) is 5.82 Å². The highest BCUT2D eigenvalue weighted by Crippen LogP contribution is 2.25. The maximum absolute atomic E-state index is 14.7. The Labute approximate surface area is 235 Å². The first kappa shape index (κ1) is 28.8. The molecule has 1 aliphatic rings. The van der Waals surface area contributed by atoms with E-state index in [1.54, 1.807) is 11.0 Å². The van der Waals surface area contributed by atoms with Gasteiger partial charge in [0.15, 0.2) is 27.6 Å². The molecule has 218 valence electrons. The smallest absolute Gasteiger partial charge is 0.382 e. The highest BCUT2D eigenvalue weighted by Gasteiger charge is 2.39. The standard InChI is InChI=1S/C24H22ClF4N7O4S/c25-16-7-5-15(6-8-16)21-32-35(23(38)34(21)13-19(37)24(27,28)29)14-20-30-22(33-9-11-41(39,40)12-10-33)36(31-20)18-4-2-1-3-17(18)26/h1-8,19,37H,9-14H2/t19-/m0/s1. The second-order valence-electron chi connectivity index (χ2n) is 9.27. The van der Waals surface area contributed by atoms with Crippen molar-refractivity contribution < 1.29 is 31.1 Å². The Morgan fingerprint density at radius 2 is 1.68 bits per heavy atom. The Morgan fingerprint density at radius 3 is 2.32 bits per heavy atom. The van der Waals surface area contributed by atoms with Gasteiger partial charge in [-0.3, -0.25) is 4.57 Å². The van der Waals surface area contributed by atoms with E-state index in [0.717, 1.165) is 4.68 Å². The Kier molecular flexibility index (Phi) is 7.65. The molecule has 2 aromatic heterocycles. The van der Waals surface area contributed by atoms with Crippen LogP contribution in [0.3, 0.4) is 0 Å².